The van der Waals surface area contributed by atoms with Crippen LogP contribution in [0, 0.1) is 0 Å². The molecule has 5 nitrogen and oxygen atoms in total. The van der Waals surface area contributed by atoms with Crippen LogP contribution in [0.4, 0.5) is 0 Å². The summed E-state index contributed by atoms with van der Waals surface area (Å²) in [6, 6.07) is 6.56. The third kappa shape index (κ3) is 4.69. The molecule has 3 rings (SSSR count). The lowest BCUT2D eigenvalue weighted by atomic mass is 9.92. The van der Waals surface area contributed by atoms with Gasteiger partial charge in [-0.15, -0.1) is 11.8 Å². The number of nitrogens with one attached hydrogen (secondary N) is 1. The van der Waals surface area contributed by atoms with Gasteiger partial charge in [0.1, 0.15) is 16.5 Å². The normalized spacial score (nSPS) is 27.1. The Bertz CT molecular complexity index is 902. The van der Waals surface area contributed by atoms with Crippen molar-refractivity contribution in [3.8, 4) is 0 Å². The molecule has 3 unspecified atom stereocenters. The van der Waals surface area contributed by atoms with E-state index >= 15 is 0 Å². The number of thioether (sulfide) groups is 1. The Morgan fingerprint density at radius 1 is 1.31 bits per heavy atom. The highest BCUT2D eigenvalue weighted by atomic mass is 35.5. The number of amides is 1. The molecule has 0 aromatic heterocycles. The molecule has 7 heteroatoms. The average molecular weight is 435 g/mol. The second-order valence-electron chi connectivity index (χ2n) is 8.63. The van der Waals surface area contributed by atoms with Crippen molar-refractivity contribution in [2.45, 2.75) is 69.7 Å². The lowest BCUT2D eigenvalue weighted by Gasteiger charge is -2.28. The number of halogens is 1. The van der Waals surface area contributed by atoms with E-state index in [1.54, 1.807) is 44.7 Å². The topological polar surface area (TPSA) is 67.8 Å². The van der Waals surface area contributed by atoms with Gasteiger partial charge in [0.2, 0.25) is 5.91 Å². The van der Waals surface area contributed by atoms with Crippen LogP contribution >= 0.6 is 23.4 Å². The summed E-state index contributed by atoms with van der Waals surface area (Å²) in [7, 11) is 0. The molecule has 1 N–H and O–H groups in total. The van der Waals surface area contributed by atoms with Crippen LogP contribution in [-0.4, -0.2) is 39.4 Å². The zero-order valence-corrected chi connectivity index (χ0v) is 19.2. The maximum Gasteiger partial charge on any atom is 0.309 e. The van der Waals surface area contributed by atoms with Gasteiger partial charge in [-0.25, -0.2) is 0 Å². The number of hydrogen-bond acceptors (Lipinski definition) is 5. The average Bonchev–Trinajstić information content (AvgIpc) is 2.73. The number of hydrogen-bond donors (Lipinski definition) is 1. The van der Waals surface area contributed by atoms with Crippen LogP contribution in [-0.2, 0) is 14.3 Å². The number of esters is 1. The third-order valence-electron chi connectivity index (χ3n) is 4.98. The van der Waals surface area contributed by atoms with Gasteiger partial charge in [-0.2, -0.15) is 0 Å². The zero-order chi connectivity index (χ0) is 21.6. The van der Waals surface area contributed by atoms with Gasteiger partial charge in [0.25, 0.3) is 0 Å². The molecule has 0 saturated heterocycles. The number of rotatable bonds is 3. The van der Waals surface area contributed by atoms with Gasteiger partial charge in [0.05, 0.1) is 12.1 Å². The first-order valence-electron chi connectivity index (χ1n) is 9.66. The second kappa shape index (κ2) is 7.80. The Balaban J connectivity index is 2.08. The summed E-state index contributed by atoms with van der Waals surface area (Å²) < 4.78 is 5.42. The van der Waals surface area contributed by atoms with Crippen LogP contribution in [0.25, 0.3) is 0 Å². The zero-order valence-electron chi connectivity index (χ0n) is 17.6. The Labute approximate surface area is 181 Å². The Morgan fingerprint density at radius 3 is 2.52 bits per heavy atom. The van der Waals surface area contributed by atoms with Crippen molar-refractivity contribution in [3.63, 3.8) is 0 Å². The van der Waals surface area contributed by atoms with Gasteiger partial charge in [-0.1, -0.05) is 29.3 Å². The van der Waals surface area contributed by atoms with Gasteiger partial charge in [0.15, 0.2) is 0 Å². The predicted octanol–water partition coefficient (Wildman–Crippen LogP) is 4.53. The van der Waals surface area contributed by atoms with Crippen LogP contribution in [0.2, 0.25) is 5.02 Å². The molecule has 0 radical (unpaired) electrons. The molecule has 0 saturated carbocycles. The molecule has 2 heterocycles. The van der Waals surface area contributed by atoms with E-state index in [1.165, 1.54) is 5.57 Å². The van der Waals surface area contributed by atoms with Crippen molar-refractivity contribution in [1.82, 2.24) is 5.32 Å². The minimum Gasteiger partial charge on any atom is -0.460 e. The molecule has 1 amide bonds. The first-order chi connectivity index (χ1) is 13.4. The van der Waals surface area contributed by atoms with Crippen LogP contribution < -0.4 is 5.32 Å². The maximum absolute atomic E-state index is 13.0. The van der Waals surface area contributed by atoms with Crippen molar-refractivity contribution in [2.75, 3.05) is 0 Å². The molecule has 2 aliphatic heterocycles. The molecule has 1 aromatic rings. The largest absolute Gasteiger partial charge is 0.460 e. The van der Waals surface area contributed by atoms with Gasteiger partial charge in [-0.3, -0.25) is 14.6 Å². The molecule has 156 valence electrons. The van der Waals surface area contributed by atoms with Crippen molar-refractivity contribution < 1.29 is 14.3 Å². The Morgan fingerprint density at radius 2 is 1.93 bits per heavy atom. The highest BCUT2D eigenvalue weighted by Crippen LogP contribution is 2.47. The Hall–Kier alpha value is -1.79. The van der Waals surface area contributed by atoms with Crippen molar-refractivity contribution in [3.05, 3.63) is 46.0 Å². The summed E-state index contributed by atoms with van der Waals surface area (Å²) in [5.41, 5.74) is 3.15. The van der Waals surface area contributed by atoms with Gasteiger partial charge in [-0.05, 0) is 53.7 Å². The lowest BCUT2D eigenvalue weighted by molar-refractivity contribution is -0.156. The molecular weight excluding hydrogens is 408 g/mol. The van der Waals surface area contributed by atoms with Crippen molar-refractivity contribution in [2.24, 2.45) is 4.99 Å². The Kier molecular flexibility index (Phi) is 5.89. The molecular formula is C22H27ClN2O3S. The fourth-order valence-corrected chi connectivity index (χ4v) is 5.35. The monoisotopic (exact) mass is 434 g/mol. The van der Waals surface area contributed by atoms with Crippen LogP contribution in [0.5, 0.6) is 0 Å². The fraction of sp³-hybridized carbons (Fsp3) is 0.500. The number of nitrogens with zero attached hydrogens (tertiary/aromatic N) is 1. The number of carbonyl (C=O) groups excluding carboxylic acids is 2. The van der Waals surface area contributed by atoms with Crippen LogP contribution in [0.15, 0.2) is 40.4 Å². The van der Waals surface area contributed by atoms with Gasteiger partial charge in [0, 0.05) is 21.4 Å². The fourth-order valence-electron chi connectivity index (χ4n) is 3.69. The van der Waals surface area contributed by atoms with Gasteiger partial charge < -0.3 is 10.1 Å². The van der Waals surface area contributed by atoms with E-state index in [4.69, 9.17) is 21.3 Å². The lowest BCUT2D eigenvalue weighted by Crippen LogP contribution is -2.47. The minimum absolute atomic E-state index is 0.108. The molecule has 0 bridgehead atoms. The number of ether oxygens (including phenoxy) is 1. The number of aliphatic imine (C=N–C) groups is 1. The van der Waals surface area contributed by atoms with Gasteiger partial charge >= 0.3 is 5.97 Å². The quantitative estimate of drug-likeness (QED) is 0.710. The van der Waals surface area contributed by atoms with Crippen molar-refractivity contribution >= 4 is 41.0 Å². The van der Waals surface area contributed by atoms with Crippen LogP contribution in [0.1, 0.15) is 53.5 Å². The summed E-state index contributed by atoms with van der Waals surface area (Å²) >= 11 is 7.75. The second-order valence-corrected chi connectivity index (χ2v) is 10.8. The van der Waals surface area contributed by atoms with E-state index < -0.39 is 22.5 Å². The van der Waals surface area contributed by atoms with E-state index in [2.05, 4.69) is 19.2 Å². The highest BCUT2D eigenvalue weighted by molar-refractivity contribution is 8.02. The predicted molar refractivity (Wildman–Crippen MR) is 119 cm³/mol. The van der Waals surface area contributed by atoms with E-state index in [1.807, 2.05) is 19.1 Å². The van der Waals surface area contributed by atoms with E-state index in [-0.39, 0.29) is 17.6 Å². The molecule has 0 spiro atoms. The molecule has 0 fully saturated rings. The molecule has 2 aliphatic rings. The van der Waals surface area contributed by atoms with Crippen LogP contribution in [0.3, 0.4) is 0 Å². The van der Waals surface area contributed by atoms with E-state index in [0.717, 1.165) is 16.8 Å². The SMILES string of the molecule is CC1=C2C(c3ccc(Cl)cc3)=NC(CC(=O)OC(C)(C)C)C(=O)NC2(C)SC1C. The number of fused-ring (bicyclic) bond motifs is 1. The minimum atomic E-state index is -0.853. The third-order valence-corrected chi connectivity index (χ3v) is 6.71. The van der Waals surface area contributed by atoms with E-state index in [9.17, 15) is 9.59 Å². The van der Waals surface area contributed by atoms with E-state index in [0.29, 0.717) is 5.02 Å². The summed E-state index contributed by atoms with van der Waals surface area (Å²) in [5, 5.41) is 4.00. The van der Waals surface area contributed by atoms with Crippen molar-refractivity contribution in [1.29, 1.82) is 0 Å². The summed E-state index contributed by atoms with van der Waals surface area (Å²) in [6.07, 6.45) is -0.108. The summed E-state index contributed by atoms with van der Waals surface area (Å²) in [5.74, 6) is -0.713. The molecule has 1 aromatic carbocycles. The molecule has 29 heavy (non-hydrogen) atoms. The smallest absolute Gasteiger partial charge is 0.309 e. The molecule has 0 aliphatic carbocycles. The first kappa shape index (κ1) is 21.9. The summed E-state index contributed by atoms with van der Waals surface area (Å²) in [4.78, 5) is 29.6. The standard InChI is InChI=1S/C22H27ClN2O3S/c1-12-13(2)29-22(6)18(12)19(14-7-9-15(23)10-8-14)24-16(20(27)25-22)11-17(26)28-21(3,4)5/h7-10,13,16H,11H2,1-6H3,(H,25,27). The number of benzene rings is 1. The highest BCUT2D eigenvalue weighted by Gasteiger charge is 2.47. The molecule has 3 atom stereocenters. The summed E-state index contributed by atoms with van der Waals surface area (Å²) in [6.45, 7) is 11.6. The maximum atomic E-state index is 13.0. The first-order valence-corrected chi connectivity index (χ1v) is 10.9. The number of carbonyl (C=O) groups is 2.